The summed E-state index contributed by atoms with van der Waals surface area (Å²) in [5.74, 6) is 1.79. The van der Waals surface area contributed by atoms with Gasteiger partial charge >= 0.3 is 0 Å². The van der Waals surface area contributed by atoms with Gasteiger partial charge in [0.05, 0.1) is 55.7 Å². The third kappa shape index (κ3) is 4.44. The third-order valence-corrected chi connectivity index (χ3v) is 8.60. The molecule has 200 valence electrons. The highest BCUT2D eigenvalue weighted by Gasteiger charge is 2.23. The molecule has 0 atom stereocenters. The number of fused-ring (bicyclic) bond motifs is 3. The quantitative estimate of drug-likeness (QED) is 0.251. The first-order valence-corrected chi connectivity index (χ1v) is 13.5. The number of benzene rings is 4. The van der Waals surface area contributed by atoms with Gasteiger partial charge in [0.15, 0.2) is 23.0 Å². The number of methoxy groups -OCH3 is 4. The van der Waals surface area contributed by atoms with E-state index in [1.165, 1.54) is 28.4 Å². The molecule has 5 aromatic rings. The predicted octanol–water partition coefficient (Wildman–Crippen LogP) is 5.07. The van der Waals surface area contributed by atoms with E-state index in [1.54, 1.807) is 83.4 Å². The molecule has 1 heterocycles. The maximum Gasteiger partial charge on any atom is 0.259 e. The van der Waals surface area contributed by atoms with Crippen molar-refractivity contribution in [2.75, 3.05) is 28.4 Å². The van der Waals surface area contributed by atoms with Crippen molar-refractivity contribution in [3.05, 3.63) is 94.8 Å². The van der Waals surface area contributed by atoms with Gasteiger partial charge in [0.1, 0.15) is 0 Å². The lowest BCUT2D eigenvalue weighted by atomic mass is 10.0. The number of pyridine rings is 1. The molecule has 39 heavy (non-hydrogen) atoms. The number of nitrogens with zero attached hydrogens (tertiary/aromatic N) is 1. The van der Waals surface area contributed by atoms with Gasteiger partial charge in [0.2, 0.25) is 9.84 Å². The summed E-state index contributed by atoms with van der Waals surface area (Å²) < 4.78 is 50.8. The average Bonchev–Trinajstić information content (AvgIpc) is 2.98. The highest BCUT2D eigenvalue weighted by Crippen LogP contribution is 2.39. The molecule has 0 amide bonds. The average molecular weight is 546 g/mol. The Kier molecular flexibility index (Phi) is 6.93. The molecule has 0 saturated carbocycles. The Morgan fingerprint density at radius 2 is 1.15 bits per heavy atom. The van der Waals surface area contributed by atoms with E-state index in [1.807, 2.05) is 0 Å². The molecule has 0 N–H and O–H groups in total. The summed E-state index contributed by atoms with van der Waals surface area (Å²) in [5.41, 5.74) is 0.696. The Balaban J connectivity index is 1.83. The van der Waals surface area contributed by atoms with Crippen molar-refractivity contribution in [1.82, 2.24) is 4.57 Å². The summed E-state index contributed by atoms with van der Waals surface area (Å²) in [6.45, 7) is -0.00264. The van der Waals surface area contributed by atoms with Crippen LogP contribution in [-0.2, 0) is 16.4 Å². The molecule has 5 rings (SSSR count). The highest BCUT2D eigenvalue weighted by atomic mass is 32.2. The van der Waals surface area contributed by atoms with Crippen molar-refractivity contribution in [2.45, 2.75) is 16.3 Å². The normalized spacial score (nSPS) is 11.5. The Labute approximate surface area is 225 Å². The standard InChI is InChI=1S/C30H27NO7S/c1-35-25-14-21-22-15-26(36-2)28(38-4)17-24(22)31(30(32)23(21)16-27(25)37-3)18-19-10-8-9-13-29(19)39(33,34)20-11-6-5-7-12-20/h5-17H,18H2,1-4H3. The highest BCUT2D eigenvalue weighted by molar-refractivity contribution is 7.91. The number of rotatable bonds is 8. The first-order chi connectivity index (χ1) is 18.8. The predicted molar refractivity (Wildman–Crippen MR) is 149 cm³/mol. The molecule has 4 aromatic carbocycles. The summed E-state index contributed by atoms with van der Waals surface area (Å²) in [5, 5.41) is 1.72. The van der Waals surface area contributed by atoms with Crippen LogP contribution in [0.3, 0.4) is 0 Å². The van der Waals surface area contributed by atoms with Gasteiger partial charge in [-0.2, -0.15) is 0 Å². The van der Waals surface area contributed by atoms with Crippen LogP contribution in [0, 0.1) is 0 Å². The van der Waals surface area contributed by atoms with E-state index in [0.29, 0.717) is 50.2 Å². The molecule has 0 spiro atoms. The van der Waals surface area contributed by atoms with Gasteiger partial charge < -0.3 is 23.5 Å². The molecule has 0 aliphatic heterocycles. The molecule has 0 fully saturated rings. The summed E-state index contributed by atoms with van der Waals surface area (Å²) in [6.07, 6.45) is 0. The van der Waals surface area contributed by atoms with Crippen LogP contribution in [0.15, 0.2) is 93.4 Å². The summed E-state index contributed by atoms with van der Waals surface area (Å²) in [6, 6.07) is 21.8. The lowest BCUT2D eigenvalue weighted by molar-refractivity contribution is 0.355. The SMILES string of the molecule is COc1cc2c(=O)n(Cc3ccccc3S(=O)(=O)c3ccccc3)c3cc(OC)c(OC)cc3c2cc1OC. The van der Waals surface area contributed by atoms with Crippen LogP contribution in [0.5, 0.6) is 23.0 Å². The number of hydrogen-bond donors (Lipinski definition) is 0. The molecule has 1 aromatic heterocycles. The van der Waals surface area contributed by atoms with Crippen LogP contribution in [0.2, 0.25) is 0 Å². The smallest absolute Gasteiger partial charge is 0.259 e. The van der Waals surface area contributed by atoms with Crippen LogP contribution in [-0.4, -0.2) is 41.4 Å². The monoisotopic (exact) mass is 545 g/mol. The molecular weight excluding hydrogens is 518 g/mol. The van der Waals surface area contributed by atoms with Gasteiger partial charge in [-0.05, 0) is 42.0 Å². The summed E-state index contributed by atoms with van der Waals surface area (Å²) in [7, 11) is 2.25. The zero-order chi connectivity index (χ0) is 27.7. The molecule has 0 unspecified atom stereocenters. The Morgan fingerprint density at radius 3 is 1.77 bits per heavy atom. The van der Waals surface area contributed by atoms with Crippen molar-refractivity contribution in [3.8, 4) is 23.0 Å². The molecule has 0 aliphatic carbocycles. The van der Waals surface area contributed by atoms with Gasteiger partial charge in [-0.1, -0.05) is 36.4 Å². The van der Waals surface area contributed by atoms with Gasteiger partial charge in [0.25, 0.3) is 5.56 Å². The van der Waals surface area contributed by atoms with Gasteiger partial charge in [0, 0.05) is 16.8 Å². The van der Waals surface area contributed by atoms with Crippen LogP contribution >= 0.6 is 0 Å². The number of sulfone groups is 1. The Hall–Kier alpha value is -4.50. The van der Waals surface area contributed by atoms with Crippen LogP contribution in [0.4, 0.5) is 0 Å². The second-order valence-electron chi connectivity index (χ2n) is 8.79. The minimum Gasteiger partial charge on any atom is -0.493 e. The van der Waals surface area contributed by atoms with Crippen molar-refractivity contribution < 1.29 is 27.4 Å². The fourth-order valence-corrected chi connectivity index (χ4v) is 6.30. The van der Waals surface area contributed by atoms with Crippen molar-refractivity contribution in [2.24, 2.45) is 0 Å². The zero-order valence-corrected chi connectivity index (χ0v) is 22.7. The minimum atomic E-state index is -3.84. The number of hydrogen-bond acceptors (Lipinski definition) is 7. The Bertz CT molecular complexity index is 1860. The largest absolute Gasteiger partial charge is 0.493 e. The van der Waals surface area contributed by atoms with Gasteiger partial charge in [-0.15, -0.1) is 0 Å². The van der Waals surface area contributed by atoms with Crippen LogP contribution in [0.25, 0.3) is 21.7 Å². The molecule has 9 heteroatoms. The van der Waals surface area contributed by atoms with E-state index < -0.39 is 9.84 Å². The fraction of sp³-hybridized carbons (Fsp3) is 0.167. The Morgan fingerprint density at radius 1 is 0.641 bits per heavy atom. The van der Waals surface area contributed by atoms with E-state index in [9.17, 15) is 13.2 Å². The second kappa shape index (κ2) is 10.3. The number of ether oxygens (including phenoxy) is 4. The minimum absolute atomic E-state index is 0.00264. The van der Waals surface area contributed by atoms with Crippen LogP contribution in [0.1, 0.15) is 5.56 Å². The molecule has 0 aliphatic rings. The lowest BCUT2D eigenvalue weighted by Crippen LogP contribution is -2.23. The van der Waals surface area contributed by atoms with E-state index in [-0.39, 0.29) is 21.9 Å². The zero-order valence-electron chi connectivity index (χ0n) is 21.9. The second-order valence-corrected chi connectivity index (χ2v) is 10.7. The van der Waals surface area contributed by atoms with Gasteiger partial charge in [-0.25, -0.2) is 8.42 Å². The summed E-state index contributed by atoms with van der Waals surface area (Å²) >= 11 is 0. The van der Waals surface area contributed by atoms with Crippen molar-refractivity contribution >= 4 is 31.5 Å². The van der Waals surface area contributed by atoms with Crippen molar-refractivity contribution in [3.63, 3.8) is 0 Å². The fourth-order valence-electron chi connectivity index (χ4n) is 4.79. The van der Waals surface area contributed by atoms with Gasteiger partial charge in [-0.3, -0.25) is 4.79 Å². The van der Waals surface area contributed by atoms with E-state index in [2.05, 4.69) is 0 Å². The molecule has 0 bridgehead atoms. The molecule has 0 radical (unpaired) electrons. The van der Waals surface area contributed by atoms with E-state index in [4.69, 9.17) is 18.9 Å². The summed E-state index contributed by atoms with van der Waals surface area (Å²) in [4.78, 5) is 14.4. The first-order valence-electron chi connectivity index (χ1n) is 12.1. The van der Waals surface area contributed by atoms with E-state index in [0.717, 1.165) is 0 Å². The molecular formula is C30H27NO7S. The van der Waals surface area contributed by atoms with Crippen molar-refractivity contribution in [1.29, 1.82) is 0 Å². The third-order valence-electron chi connectivity index (χ3n) is 6.73. The number of aromatic nitrogens is 1. The van der Waals surface area contributed by atoms with E-state index >= 15 is 0 Å². The molecule has 8 nitrogen and oxygen atoms in total. The van der Waals surface area contributed by atoms with Crippen LogP contribution < -0.4 is 24.5 Å². The topological polar surface area (TPSA) is 93.1 Å². The lowest BCUT2D eigenvalue weighted by Gasteiger charge is -2.18. The maximum atomic E-state index is 14.0. The maximum absolute atomic E-state index is 14.0. The molecule has 0 saturated heterocycles. The first kappa shape index (κ1) is 26.1.